The van der Waals surface area contributed by atoms with Gasteiger partial charge in [-0.1, -0.05) is 49.7 Å². The van der Waals surface area contributed by atoms with Gasteiger partial charge in [0, 0.05) is 44.7 Å². The van der Waals surface area contributed by atoms with Gasteiger partial charge in [-0.2, -0.15) is 0 Å². The SMILES string of the molecule is C=CCOc1ccc2c(c1)C1C(CCCCO)C(CCCCO)C=C3C(=NOC(C)(C)C)CC(N(C)C(=O)NCCC)C(OCC=C)(O2)C31. The highest BCUT2D eigenvalue weighted by Crippen LogP contribution is 2.61. The normalized spacial score (nSPS) is 26.5. The maximum absolute atomic E-state index is 13.7. The molecule has 0 bridgehead atoms. The van der Waals surface area contributed by atoms with E-state index in [0.717, 1.165) is 61.1 Å². The molecule has 1 heterocycles. The van der Waals surface area contributed by atoms with E-state index in [1.54, 1.807) is 24.1 Å². The molecule has 2 amide bonds. The number of carbonyl (C=O) groups is 1. The molecular formula is C39H59N3O7. The van der Waals surface area contributed by atoms with E-state index in [1.807, 2.05) is 39.8 Å². The highest BCUT2D eigenvalue weighted by Gasteiger charge is 2.65. The first-order valence-electron chi connectivity index (χ1n) is 18.1. The Balaban J connectivity index is 2.02. The maximum Gasteiger partial charge on any atom is 0.317 e. The van der Waals surface area contributed by atoms with Crippen LogP contribution in [0.25, 0.3) is 0 Å². The summed E-state index contributed by atoms with van der Waals surface area (Å²) < 4.78 is 20.1. The number of hydrogen-bond donors (Lipinski definition) is 3. The Morgan fingerprint density at radius 2 is 1.84 bits per heavy atom. The van der Waals surface area contributed by atoms with Crippen LogP contribution in [0.4, 0.5) is 4.79 Å². The van der Waals surface area contributed by atoms with E-state index in [0.29, 0.717) is 31.7 Å². The van der Waals surface area contributed by atoms with Gasteiger partial charge in [-0.3, -0.25) is 0 Å². The first kappa shape index (κ1) is 38.5. The number of likely N-dealkylation sites (N-methyl/N-ethyl adjacent to an activating group) is 1. The lowest BCUT2D eigenvalue weighted by Crippen LogP contribution is -2.70. The molecule has 2 aliphatic carbocycles. The van der Waals surface area contributed by atoms with Gasteiger partial charge in [-0.25, -0.2) is 4.79 Å². The monoisotopic (exact) mass is 681 g/mol. The highest BCUT2D eigenvalue weighted by atomic mass is 16.7. The van der Waals surface area contributed by atoms with Crippen molar-refractivity contribution >= 4 is 11.7 Å². The molecule has 4 rings (SSSR count). The number of fused-ring (bicyclic) bond motifs is 2. The molecular weight excluding hydrogens is 622 g/mol. The number of rotatable bonds is 18. The zero-order valence-corrected chi connectivity index (χ0v) is 30.3. The number of allylic oxidation sites excluding steroid dienone is 1. The molecule has 49 heavy (non-hydrogen) atoms. The summed E-state index contributed by atoms with van der Waals surface area (Å²) in [4.78, 5) is 21.5. The van der Waals surface area contributed by atoms with Crippen LogP contribution in [0.15, 0.2) is 60.3 Å². The molecule has 10 heteroatoms. The van der Waals surface area contributed by atoms with Crippen molar-refractivity contribution in [2.24, 2.45) is 22.9 Å². The summed E-state index contributed by atoms with van der Waals surface area (Å²) in [5, 5.41) is 27.4. The fraction of sp³-hybridized carbons (Fsp3) is 0.641. The van der Waals surface area contributed by atoms with Crippen LogP contribution < -0.4 is 14.8 Å². The van der Waals surface area contributed by atoms with Crippen molar-refractivity contribution in [2.45, 2.75) is 102 Å². The lowest BCUT2D eigenvalue weighted by Gasteiger charge is -2.59. The number of amides is 2. The van der Waals surface area contributed by atoms with E-state index in [4.69, 9.17) is 24.2 Å². The van der Waals surface area contributed by atoms with Crippen LogP contribution in [0, 0.1) is 17.8 Å². The Labute approximate surface area is 293 Å². The molecule has 3 N–H and O–H groups in total. The summed E-state index contributed by atoms with van der Waals surface area (Å²) in [6.07, 6.45) is 11.8. The largest absolute Gasteiger partial charge is 0.490 e. The first-order valence-corrected chi connectivity index (χ1v) is 18.1. The molecule has 1 saturated carbocycles. The molecule has 0 saturated heterocycles. The second-order valence-corrected chi connectivity index (χ2v) is 14.4. The Morgan fingerprint density at radius 1 is 1.12 bits per heavy atom. The topological polar surface area (TPSA) is 122 Å². The fourth-order valence-electron chi connectivity index (χ4n) is 7.66. The minimum Gasteiger partial charge on any atom is -0.490 e. The molecule has 0 aromatic heterocycles. The number of ether oxygens (including phenoxy) is 3. The number of nitrogens with zero attached hydrogens (tertiary/aromatic N) is 2. The van der Waals surface area contributed by atoms with Crippen molar-refractivity contribution in [3.63, 3.8) is 0 Å². The molecule has 3 aliphatic rings. The van der Waals surface area contributed by atoms with Crippen molar-refractivity contribution in [3.05, 3.63) is 60.7 Å². The third-order valence-corrected chi connectivity index (χ3v) is 9.76. The van der Waals surface area contributed by atoms with Crippen molar-refractivity contribution in [3.8, 4) is 11.5 Å². The lowest BCUT2D eigenvalue weighted by molar-refractivity contribution is -0.252. The molecule has 6 atom stereocenters. The molecule has 1 fully saturated rings. The number of carbonyl (C=O) groups excluding carboxylic acids is 1. The number of unbranched alkanes of at least 4 members (excludes halogenated alkanes) is 2. The van der Waals surface area contributed by atoms with Gasteiger partial charge in [0.15, 0.2) is 0 Å². The predicted molar refractivity (Wildman–Crippen MR) is 193 cm³/mol. The van der Waals surface area contributed by atoms with Crippen molar-refractivity contribution < 1.29 is 34.1 Å². The summed E-state index contributed by atoms with van der Waals surface area (Å²) in [5.41, 5.74) is 2.27. The molecule has 0 spiro atoms. The lowest BCUT2D eigenvalue weighted by atomic mass is 9.55. The highest BCUT2D eigenvalue weighted by molar-refractivity contribution is 6.03. The number of nitrogens with one attached hydrogen (secondary N) is 1. The van der Waals surface area contributed by atoms with E-state index in [2.05, 4.69) is 30.6 Å². The van der Waals surface area contributed by atoms with Gasteiger partial charge in [0.25, 0.3) is 0 Å². The molecule has 6 unspecified atom stereocenters. The second-order valence-electron chi connectivity index (χ2n) is 14.4. The molecule has 0 radical (unpaired) electrons. The minimum absolute atomic E-state index is 0.103. The Kier molecular flexibility index (Phi) is 13.8. The Bertz CT molecular complexity index is 1340. The van der Waals surface area contributed by atoms with Crippen molar-refractivity contribution in [1.29, 1.82) is 0 Å². The van der Waals surface area contributed by atoms with Gasteiger partial charge in [0.05, 0.1) is 18.2 Å². The third-order valence-electron chi connectivity index (χ3n) is 9.76. The quantitative estimate of drug-likeness (QED) is 0.0892. The first-order chi connectivity index (χ1) is 23.5. The smallest absolute Gasteiger partial charge is 0.317 e. The van der Waals surface area contributed by atoms with E-state index in [9.17, 15) is 15.0 Å². The van der Waals surface area contributed by atoms with Crippen LogP contribution in [-0.4, -0.2) is 84.3 Å². The maximum atomic E-state index is 13.7. The van der Waals surface area contributed by atoms with Crippen LogP contribution >= 0.6 is 0 Å². The van der Waals surface area contributed by atoms with Gasteiger partial charge in [0.1, 0.15) is 29.7 Å². The zero-order chi connectivity index (χ0) is 35.6. The number of aliphatic hydroxyl groups is 2. The molecule has 10 nitrogen and oxygen atoms in total. The van der Waals surface area contributed by atoms with Crippen molar-refractivity contribution in [2.75, 3.05) is 40.0 Å². The zero-order valence-electron chi connectivity index (χ0n) is 30.3. The third kappa shape index (κ3) is 8.88. The van der Waals surface area contributed by atoms with Crippen LogP contribution in [0.1, 0.15) is 90.5 Å². The molecule has 1 aromatic rings. The minimum atomic E-state index is -1.27. The van der Waals surface area contributed by atoms with Crippen LogP contribution in [-0.2, 0) is 9.57 Å². The fourth-order valence-corrected chi connectivity index (χ4v) is 7.66. The van der Waals surface area contributed by atoms with Crippen LogP contribution in [0.3, 0.4) is 0 Å². The van der Waals surface area contributed by atoms with E-state index in [-0.39, 0.29) is 49.5 Å². The van der Waals surface area contributed by atoms with Gasteiger partial charge >= 0.3 is 6.03 Å². The predicted octanol–water partition coefficient (Wildman–Crippen LogP) is 6.73. The molecule has 272 valence electrons. The average Bonchev–Trinajstić information content (AvgIpc) is 3.08. The average molecular weight is 682 g/mol. The number of urea groups is 1. The summed E-state index contributed by atoms with van der Waals surface area (Å²) in [7, 11) is 1.80. The Morgan fingerprint density at radius 3 is 2.49 bits per heavy atom. The second kappa shape index (κ2) is 17.5. The van der Waals surface area contributed by atoms with E-state index >= 15 is 0 Å². The van der Waals surface area contributed by atoms with Crippen molar-refractivity contribution in [1.82, 2.24) is 10.2 Å². The summed E-state index contributed by atoms with van der Waals surface area (Å²) in [5.74, 6) is -0.0191. The number of oxime groups is 1. The van der Waals surface area contributed by atoms with Gasteiger partial charge in [-0.05, 0) is 88.5 Å². The number of hydrogen-bond acceptors (Lipinski definition) is 8. The Hall–Kier alpha value is -3.34. The van der Waals surface area contributed by atoms with Crippen LogP contribution in [0.5, 0.6) is 11.5 Å². The molecule has 1 aliphatic heterocycles. The van der Waals surface area contributed by atoms with Gasteiger partial charge in [-0.15, -0.1) is 6.58 Å². The van der Waals surface area contributed by atoms with Gasteiger partial charge < -0.3 is 39.5 Å². The number of benzene rings is 1. The standard InChI is InChI=1S/C39H59N3O7/c1-8-19-40-37(45)42(7)34-26-32(41-49-38(4,5)6)30-24-27(15-11-13-20-43)29(16-12-14-21-44)35-31-25-28(46-22-9-2)17-18-33(31)48-39(34,36(30)35)47-23-10-3/h9-10,17-18,24-25,27,29,34-36,43-44H,2-3,8,11-16,19-23,26H2,1,4-7H3,(H,40,45). The van der Waals surface area contributed by atoms with Crippen LogP contribution in [0.2, 0.25) is 0 Å². The van der Waals surface area contributed by atoms with E-state index in [1.165, 1.54) is 0 Å². The summed E-state index contributed by atoms with van der Waals surface area (Å²) in [6.45, 7) is 17.1. The van der Waals surface area contributed by atoms with Gasteiger partial charge in [0.2, 0.25) is 5.79 Å². The summed E-state index contributed by atoms with van der Waals surface area (Å²) >= 11 is 0. The summed E-state index contributed by atoms with van der Waals surface area (Å²) in [6, 6.07) is 5.16. The number of aliphatic hydroxyl groups excluding tert-OH is 2. The van der Waals surface area contributed by atoms with E-state index < -0.39 is 17.4 Å². The molecule has 1 aromatic carbocycles.